The fraction of sp³-hybridized carbons (Fsp3) is 0.750. The number of ether oxygens (including phenoxy) is 2. The van der Waals surface area contributed by atoms with Crippen LogP contribution in [0.2, 0.25) is 0 Å². The largest absolute Gasteiger partial charge is 0.466 e. The van der Waals surface area contributed by atoms with Crippen LogP contribution in [0.15, 0.2) is 0 Å². The standard InChI is InChI=1S/C8H14O4/c1-6(12-8(3)10)4-5-11-7(2)9/h6H,4-5H2,1-3H3/t6-/m0/s1. The van der Waals surface area contributed by atoms with Crippen molar-refractivity contribution in [2.45, 2.75) is 33.3 Å². The highest BCUT2D eigenvalue weighted by Crippen LogP contribution is 1.97. The Balaban J connectivity index is 3.37. The van der Waals surface area contributed by atoms with Crippen LogP contribution in [0.25, 0.3) is 0 Å². The van der Waals surface area contributed by atoms with Gasteiger partial charge < -0.3 is 9.47 Å². The Morgan fingerprint density at radius 1 is 1.25 bits per heavy atom. The fourth-order valence-corrected chi connectivity index (χ4v) is 0.711. The summed E-state index contributed by atoms with van der Waals surface area (Å²) >= 11 is 0. The molecule has 0 aliphatic heterocycles. The maximum Gasteiger partial charge on any atom is 0.302 e. The molecule has 0 aromatic rings. The van der Waals surface area contributed by atoms with E-state index in [1.54, 1.807) is 6.92 Å². The summed E-state index contributed by atoms with van der Waals surface area (Å²) in [7, 11) is 0. The Morgan fingerprint density at radius 2 is 1.83 bits per heavy atom. The van der Waals surface area contributed by atoms with Gasteiger partial charge in [0, 0.05) is 20.3 Å². The van der Waals surface area contributed by atoms with E-state index in [2.05, 4.69) is 4.74 Å². The maximum absolute atomic E-state index is 10.4. The average molecular weight is 174 g/mol. The molecule has 0 heterocycles. The molecular weight excluding hydrogens is 160 g/mol. The summed E-state index contributed by atoms with van der Waals surface area (Å²) < 4.78 is 9.47. The first-order valence-corrected chi connectivity index (χ1v) is 3.83. The smallest absolute Gasteiger partial charge is 0.302 e. The van der Waals surface area contributed by atoms with Crippen molar-refractivity contribution >= 4 is 11.9 Å². The molecule has 4 heteroatoms. The molecule has 0 N–H and O–H groups in total. The van der Waals surface area contributed by atoms with Gasteiger partial charge in [0.2, 0.25) is 0 Å². The summed E-state index contributed by atoms with van der Waals surface area (Å²) in [5.41, 5.74) is 0. The third kappa shape index (κ3) is 7.05. The second kappa shape index (κ2) is 5.57. The normalized spacial score (nSPS) is 11.9. The van der Waals surface area contributed by atoms with Gasteiger partial charge in [0.15, 0.2) is 0 Å². The van der Waals surface area contributed by atoms with E-state index >= 15 is 0 Å². The van der Waals surface area contributed by atoms with Gasteiger partial charge in [-0.15, -0.1) is 0 Å². The molecule has 0 amide bonds. The van der Waals surface area contributed by atoms with Gasteiger partial charge in [-0.2, -0.15) is 0 Å². The van der Waals surface area contributed by atoms with E-state index in [0.717, 1.165) is 0 Å². The van der Waals surface area contributed by atoms with Crippen molar-refractivity contribution in [2.24, 2.45) is 0 Å². The van der Waals surface area contributed by atoms with E-state index in [1.807, 2.05) is 0 Å². The minimum Gasteiger partial charge on any atom is -0.466 e. The molecule has 0 aliphatic rings. The van der Waals surface area contributed by atoms with E-state index < -0.39 is 0 Å². The highest BCUT2D eigenvalue weighted by molar-refractivity contribution is 5.66. The van der Waals surface area contributed by atoms with Gasteiger partial charge in [0.1, 0.15) is 6.10 Å². The predicted octanol–water partition coefficient (Wildman–Crippen LogP) is 0.891. The monoisotopic (exact) mass is 174 g/mol. The molecule has 0 saturated carbocycles. The quantitative estimate of drug-likeness (QED) is 0.594. The molecule has 4 nitrogen and oxygen atoms in total. The van der Waals surface area contributed by atoms with Crippen molar-refractivity contribution in [1.29, 1.82) is 0 Å². The van der Waals surface area contributed by atoms with Crippen LogP contribution in [-0.4, -0.2) is 24.6 Å². The molecule has 0 aromatic heterocycles. The molecule has 0 unspecified atom stereocenters. The van der Waals surface area contributed by atoms with Gasteiger partial charge in [-0.3, -0.25) is 9.59 Å². The van der Waals surface area contributed by atoms with Crippen LogP contribution in [0.3, 0.4) is 0 Å². The molecule has 0 aromatic carbocycles. The molecule has 0 saturated heterocycles. The van der Waals surface area contributed by atoms with E-state index in [4.69, 9.17) is 4.74 Å². The second-order valence-electron chi connectivity index (χ2n) is 2.55. The highest BCUT2D eigenvalue weighted by Gasteiger charge is 2.05. The number of hydrogen-bond acceptors (Lipinski definition) is 4. The van der Waals surface area contributed by atoms with Crippen molar-refractivity contribution in [2.75, 3.05) is 6.61 Å². The molecule has 0 fully saturated rings. The lowest BCUT2D eigenvalue weighted by Gasteiger charge is -2.10. The zero-order valence-electron chi connectivity index (χ0n) is 7.62. The van der Waals surface area contributed by atoms with Crippen LogP contribution in [-0.2, 0) is 19.1 Å². The van der Waals surface area contributed by atoms with Gasteiger partial charge in [-0.25, -0.2) is 0 Å². The van der Waals surface area contributed by atoms with Crippen LogP contribution < -0.4 is 0 Å². The lowest BCUT2D eigenvalue weighted by molar-refractivity contribution is -0.147. The van der Waals surface area contributed by atoms with Gasteiger partial charge in [-0.1, -0.05) is 0 Å². The van der Waals surface area contributed by atoms with Crippen LogP contribution in [0.5, 0.6) is 0 Å². The first kappa shape index (κ1) is 10.9. The summed E-state index contributed by atoms with van der Waals surface area (Å²) in [6.45, 7) is 4.74. The minimum absolute atomic E-state index is 0.193. The van der Waals surface area contributed by atoms with Crippen LogP contribution in [0.4, 0.5) is 0 Å². The number of esters is 2. The molecule has 0 rings (SSSR count). The SMILES string of the molecule is CC(=O)OCC[C@H](C)OC(C)=O. The number of carbonyl (C=O) groups excluding carboxylic acids is 2. The van der Waals surface area contributed by atoms with Gasteiger partial charge in [0.05, 0.1) is 6.61 Å². The zero-order valence-corrected chi connectivity index (χ0v) is 7.62. The van der Waals surface area contributed by atoms with Gasteiger partial charge >= 0.3 is 11.9 Å². The first-order valence-electron chi connectivity index (χ1n) is 3.83. The summed E-state index contributed by atoms with van der Waals surface area (Å²) in [4.78, 5) is 20.7. The number of carbonyl (C=O) groups is 2. The van der Waals surface area contributed by atoms with E-state index in [1.165, 1.54) is 13.8 Å². The summed E-state index contributed by atoms with van der Waals surface area (Å²) in [5, 5.41) is 0. The Morgan fingerprint density at radius 3 is 2.25 bits per heavy atom. The Bertz CT molecular complexity index is 164. The van der Waals surface area contributed by atoms with Gasteiger partial charge in [-0.05, 0) is 6.92 Å². The van der Waals surface area contributed by atoms with Crippen molar-refractivity contribution in [3.63, 3.8) is 0 Å². The number of hydrogen-bond donors (Lipinski definition) is 0. The van der Waals surface area contributed by atoms with Crippen molar-refractivity contribution in [1.82, 2.24) is 0 Å². The third-order valence-corrected chi connectivity index (χ3v) is 1.20. The highest BCUT2D eigenvalue weighted by atomic mass is 16.6. The van der Waals surface area contributed by atoms with Crippen molar-refractivity contribution < 1.29 is 19.1 Å². The van der Waals surface area contributed by atoms with Crippen molar-refractivity contribution in [3.05, 3.63) is 0 Å². The lowest BCUT2D eigenvalue weighted by atomic mass is 10.3. The minimum atomic E-state index is -0.315. The fourth-order valence-electron chi connectivity index (χ4n) is 0.711. The molecule has 0 aliphatic carbocycles. The van der Waals surface area contributed by atoms with Crippen molar-refractivity contribution in [3.8, 4) is 0 Å². The van der Waals surface area contributed by atoms with E-state index in [9.17, 15) is 9.59 Å². The molecule has 0 spiro atoms. The zero-order chi connectivity index (χ0) is 9.56. The average Bonchev–Trinajstić information content (AvgIpc) is 1.84. The lowest BCUT2D eigenvalue weighted by Crippen LogP contribution is -2.15. The second-order valence-corrected chi connectivity index (χ2v) is 2.55. The Hall–Kier alpha value is -1.06. The summed E-state index contributed by atoms with van der Waals surface area (Å²) in [6.07, 6.45) is 0.348. The van der Waals surface area contributed by atoms with E-state index in [-0.39, 0.29) is 18.0 Å². The molecule has 70 valence electrons. The molecule has 0 bridgehead atoms. The summed E-state index contributed by atoms with van der Waals surface area (Å²) in [6, 6.07) is 0. The van der Waals surface area contributed by atoms with E-state index in [0.29, 0.717) is 13.0 Å². The first-order chi connectivity index (χ1) is 5.52. The molecule has 0 radical (unpaired) electrons. The third-order valence-electron chi connectivity index (χ3n) is 1.20. The summed E-state index contributed by atoms with van der Waals surface area (Å²) in [5.74, 6) is -0.629. The number of rotatable bonds is 4. The van der Waals surface area contributed by atoms with Crippen LogP contribution in [0.1, 0.15) is 27.2 Å². The predicted molar refractivity (Wildman–Crippen MR) is 42.5 cm³/mol. The molecular formula is C8H14O4. The Labute approximate surface area is 71.8 Å². The maximum atomic E-state index is 10.4. The topological polar surface area (TPSA) is 52.6 Å². The van der Waals surface area contributed by atoms with Gasteiger partial charge in [0.25, 0.3) is 0 Å². The van der Waals surface area contributed by atoms with Crippen LogP contribution in [0, 0.1) is 0 Å². The van der Waals surface area contributed by atoms with Crippen LogP contribution >= 0.6 is 0 Å². The molecule has 12 heavy (non-hydrogen) atoms. The molecule has 1 atom stereocenters. The Kier molecular flexibility index (Phi) is 5.08.